The van der Waals surface area contributed by atoms with Crippen LogP contribution >= 0.6 is 0 Å². The van der Waals surface area contributed by atoms with E-state index in [1.165, 1.54) is 0 Å². The van der Waals surface area contributed by atoms with Gasteiger partial charge in [0, 0.05) is 19.1 Å². The minimum absolute atomic E-state index is 0.0861. The Bertz CT molecular complexity index is 686. The van der Waals surface area contributed by atoms with E-state index in [1.54, 1.807) is 13.2 Å². The molecule has 5 nitrogen and oxygen atoms in total. The highest BCUT2D eigenvalue weighted by atomic mass is 16.5. The number of methoxy groups -OCH3 is 1. The maximum Gasteiger partial charge on any atom is 0.258 e. The lowest BCUT2D eigenvalue weighted by molar-refractivity contribution is -0.147. The largest absolute Gasteiger partial charge is 0.496 e. The molecule has 3 rings (SSSR count). The molecule has 1 aromatic rings. The fourth-order valence-electron chi connectivity index (χ4n) is 4.40. The summed E-state index contributed by atoms with van der Waals surface area (Å²) < 4.78 is 5.48. The Morgan fingerprint density at radius 1 is 1.20 bits per heavy atom. The first-order valence-electron chi connectivity index (χ1n) is 9.19. The van der Waals surface area contributed by atoms with E-state index in [0.717, 1.165) is 37.8 Å². The number of amides is 2. The van der Waals surface area contributed by atoms with Crippen molar-refractivity contribution in [1.82, 2.24) is 9.80 Å². The van der Waals surface area contributed by atoms with Crippen LogP contribution in [0, 0.1) is 6.92 Å². The molecule has 2 amide bonds. The molecule has 5 heteroatoms. The van der Waals surface area contributed by atoms with Gasteiger partial charge in [0.1, 0.15) is 11.3 Å². The Kier molecular flexibility index (Phi) is 4.76. The van der Waals surface area contributed by atoms with Crippen LogP contribution < -0.4 is 4.74 Å². The maximum atomic E-state index is 13.3. The van der Waals surface area contributed by atoms with E-state index in [-0.39, 0.29) is 17.9 Å². The third-order valence-electron chi connectivity index (χ3n) is 5.65. The van der Waals surface area contributed by atoms with Crippen LogP contribution in [-0.2, 0) is 4.79 Å². The molecule has 1 atom stereocenters. The number of likely N-dealkylation sites (tertiary alicyclic amines) is 2. The fourth-order valence-corrected chi connectivity index (χ4v) is 4.40. The molecule has 2 heterocycles. The lowest BCUT2D eigenvalue weighted by Gasteiger charge is -2.46. The zero-order chi connectivity index (χ0) is 18.2. The molecule has 2 aliphatic rings. The van der Waals surface area contributed by atoms with Crippen molar-refractivity contribution in [1.29, 1.82) is 0 Å². The molecule has 0 radical (unpaired) electrons. The molecule has 136 valence electrons. The maximum absolute atomic E-state index is 13.3. The van der Waals surface area contributed by atoms with Crippen molar-refractivity contribution in [2.75, 3.05) is 20.2 Å². The zero-order valence-electron chi connectivity index (χ0n) is 15.7. The van der Waals surface area contributed by atoms with Gasteiger partial charge in [0.2, 0.25) is 5.91 Å². The van der Waals surface area contributed by atoms with Gasteiger partial charge < -0.3 is 14.5 Å². The average molecular weight is 344 g/mol. The van der Waals surface area contributed by atoms with Gasteiger partial charge in [-0.3, -0.25) is 9.59 Å². The normalized spacial score (nSPS) is 23.6. The number of hydrogen-bond donors (Lipinski definition) is 0. The third kappa shape index (κ3) is 2.79. The molecule has 1 aromatic carbocycles. The fraction of sp³-hybridized carbons (Fsp3) is 0.600. The minimum Gasteiger partial charge on any atom is -0.496 e. The number of hydrogen-bond acceptors (Lipinski definition) is 3. The number of rotatable bonds is 3. The highest BCUT2D eigenvalue weighted by molar-refractivity contribution is 6.02. The first kappa shape index (κ1) is 17.8. The zero-order valence-corrected chi connectivity index (χ0v) is 15.7. The Balaban J connectivity index is 1.98. The van der Waals surface area contributed by atoms with Crippen LogP contribution in [0.2, 0.25) is 0 Å². The number of para-hydroxylation sites is 1. The topological polar surface area (TPSA) is 49.9 Å². The number of benzene rings is 1. The Labute approximate surface area is 149 Å². The van der Waals surface area contributed by atoms with Crippen LogP contribution in [0.5, 0.6) is 5.75 Å². The summed E-state index contributed by atoms with van der Waals surface area (Å²) in [5.41, 5.74) is 0.813. The number of nitrogens with zero attached hydrogens (tertiary/aromatic N) is 2. The lowest BCUT2D eigenvalue weighted by Crippen LogP contribution is -2.62. The second-order valence-electron chi connectivity index (χ2n) is 7.44. The van der Waals surface area contributed by atoms with Crippen LogP contribution in [-0.4, -0.2) is 53.4 Å². The summed E-state index contributed by atoms with van der Waals surface area (Å²) in [5, 5.41) is 0. The van der Waals surface area contributed by atoms with E-state index in [9.17, 15) is 9.59 Å². The average Bonchev–Trinajstić information content (AvgIpc) is 3.00. The highest BCUT2D eigenvalue weighted by Crippen LogP contribution is 2.40. The minimum atomic E-state index is -0.672. The third-order valence-corrected chi connectivity index (χ3v) is 5.65. The second kappa shape index (κ2) is 6.70. The van der Waals surface area contributed by atoms with E-state index in [0.29, 0.717) is 17.9 Å². The van der Waals surface area contributed by atoms with Crippen molar-refractivity contribution in [3.8, 4) is 5.75 Å². The number of carbonyl (C=O) groups is 2. The van der Waals surface area contributed by atoms with Crippen molar-refractivity contribution in [3.63, 3.8) is 0 Å². The molecule has 0 saturated carbocycles. The molecule has 0 aliphatic carbocycles. The van der Waals surface area contributed by atoms with Gasteiger partial charge in [0.05, 0.1) is 12.7 Å². The molecule has 1 unspecified atom stereocenters. The van der Waals surface area contributed by atoms with Gasteiger partial charge in [-0.15, -0.1) is 0 Å². The predicted octanol–water partition coefficient (Wildman–Crippen LogP) is 3.01. The number of aryl methyl sites for hydroxylation is 1. The van der Waals surface area contributed by atoms with Gasteiger partial charge in [0.15, 0.2) is 0 Å². The van der Waals surface area contributed by atoms with Crippen molar-refractivity contribution in [2.24, 2.45) is 0 Å². The quantitative estimate of drug-likeness (QED) is 0.847. The van der Waals surface area contributed by atoms with E-state index < -0.39 is 5.54 Å². The van der Waals surface area contributed by atoms with Gasteiger partial charge >= 0.3 is 0 Å². The Morgan fingerprint density at radius 3 is 2.52 bits per heavy atom. The van der Waals surface area contributed by atoms with Crippen LogP contribution in [0.1, 0.15) is 55.5 Å². The van der Waals surface area contributed by atoms with Crippen LogP contribution in [0.3, 0.4) is 0 Å². The monoisotopic (exact) mass is 344 g/mol. The van der Waals surface area contributed by atoms with E-state index in [1.807, 2.05) is 42.7 Å². The Morgan fingerprint density at radius 2 is 1.88 bits per heavy atom. The SMILES string of the molecule is COc1c(C)cccc1C(=O)N1CCCC12CCCN(C(C)C)C2=O. The molecular formula is C20H28N2O3. The molecule has 0 aromatic heterocycles. The first-order valence-corrected chi connectivity index (χ1v) is 9.19. The summed E-state index contributed by atoms with van der Waals surface area (Å²) in [6, 6.07) is 5.77. The highest BCUT2D eigenvalue weighted by Gasteiger charge is 2.53. The molecule has 25 heavy (non-hydrogen) atoms. The summed E-state index contributed by atoms with van der Waals surface area (Å²) in [4.78, 5) is 30.4. The lowest BCUT2D eigenvalue weighted by atomic mass is 9.84. The van der Waals surface area contributed by atoms with Crippen molar-refractivity contribution < 1.29 is 14.3 Å². The van der Waals surface area contributed by atoms with Gasteiger partial charge in [0.25, 0.3) is 5.91 Å². The van der Waals surface area contributed by atoms with E-state index >= 15 is 0 Å². The van der Waals surface area contributed by atoms with Gasteiger partial charge in [-0.2, -0.15) is 0 Å². The van der Waals surface area contributed by atoms with E-state index in [2.05, 4.69) is 0 Å². The van der Waals surface area contributed by atoms with Gasteiger partial charge in [-0.25, -0.2) is 0 Å². The molecule has 2 saturated heterocycles. The first-order chi connectivity index (χ1) is 11.9. The summed E-state index contributed by atoms with van der Waals surface area (Å²) in [5.74, 6) is 0.641. The Hall–Kier alpha value is -2.04. The van der Waals surface area contributed by atoms with Crippen molar-refractivity contribution in [3.05, 3.63) is 29.3 Å². The summed E-state index contributed by atoms with van der Waals surface area (Å²) in [6.07, 6.45) is 3.33. The van der Waals surface area contributed by atoms with Crippen LogP contribution in [0.25, 0.3) is 0 Å². The number of carbonyl (C=O) groups excluding carboxylic acids is 2. The molecule has 0 bridgehead atoms. The molecule has 0 N–H and O–H groups in total. The summed E-state index contributed by atoms with van der Waals surface area (Å²) in [7, 11) is 1.59. The van der Waals surface area contributed by atoms with Gasteiger partial charge in [-0.1, -0.05) is 12.1 Å². The van der Waals surface area contributed by atoms with Crippen molar-refractivity contribution in [2.45, 2.75) is 58.0 Å². The van der Waals surface area contributed by atoms with Gasteiger partial charge in [-0.05, 0) is 58.1 Å². The summed E-state index contributed by atoms with van der Waals surface area (Å²) >= 11 is 0. The molecule has 2 aliphatic heterocycles. The molecular weight excluding hydrogens is 316 g/mol. The van der Waals surface area contributed by atoms with Crippen molar-refractivity contribution >= 4 is 11.8 Å². The standard InChI is InChI=1S/C20H28N2O3/c1-14(2)21-12-6-10-20(19(21)24)11-7-13-22(20)18(23)16-9-5-8-15(3)17(16)25-4/h5,8-9,14H,6-7,10-13H2,1-4H3. The predicted molar refractivity (Wildman–Crippen MR) is 96.8 cm³/mol. The molecule has 2 fully saturated rings. The van der Waals surface area contributed by atoms with Crippen LogP contribution in [0.15, 0.2) is 18.2 Å². The smallest absolute Gasteiger partial charge is 0.258 e. The second-order valence-corrected chi connectivity index (χ2v) is 7.44. The van der Waals surface area contributed by atoms with E-state index in [4.69, 9.17) is 4.74 Å². The molecule has 1 spiro atoms. The number of ether oxygens (including phenoxy) is 1. The number of piperidine rings is 1. The summed E-state index contributed by atoms with van der Waals surface area (Å²) in [6.45, 7) is 7.44. The van der Waals surface area contributed by atoms with Crippen LogP contribution in [0.4, 0.5) is 0 Å².